The quantitative estimate of drug-likeness (QED) is 0.297. The largest absolute Gasteiger partial charge is 0.452 e. The van der Waals surface area contributed by atoms with Gasteiger partial charge in [-0.1, -0.05) is 13.8 Å². The Hall–Kier alpha value is -4.50. The number of halogens is 3. The lowest BCUT2D eigenvalue weighted by Gasteiger charge is -2.34. The van der Waals surface area contributed by atoms with E-state index in [2.05, 4.69) is 37.1 Å². The number of H-pyrrole nitrogens is 1. The first-order chi connectivity index (χ1) is 21.6. The number of amides is 2. The summed E-state index contributed by atoms with van der Waals surface area (Å²) in [6.07, 6.45) is 0.362. The molecule has 1 atom stereocenters. The number of nitrogens with one attached hydrogen (secondary N) is 2. The van der Waals surface area contributed by atoms with Crippen LogP contribution in [0.25, 0.3) is 11.2 Å². The molecule has 15 heteroatoms. The van der Waals surface area contributed by atoms with Crippen molar-refractivity contribution in [2.75, 3.05) is 44.6 Å². The number of pyridine rings is 3. The number of aromatic nitrogens is 4. The van der Waals surface area contributed by atoms with E-state index in [1.807, 2.05) is 11.8 Å². The van der Waals surface area contributed by atoms with Crippen LogP contribution in [0.3, 0.4) is 0 Å². The Morgan fingerprint density at radius 2 is 1.89 bits per heavy atom. The Morgan fingerprint density at radius 3 is 2.62 bits per heavy atom. The van der Waals surface area contributed by atoms with Crippen LogP contribution in [0.2, 0.25) is 0 Å². The summed E-state index contributed by atoms with van der Waals surface area (Å²) < 4.78 is 53.4. The number of hydrogen-bond acceptors (Lipinski definition) is 9. The van der Waals surface area contributed by atoms with Crippen molar-refractivity contribution >= 4 is 22.9 Å². The van der Waals surface area contributed by atoms with Gasteiger partial charge in [0.05, 0.1) is 35.0 Å². The van der Waals surface area contributed by atoms with Crippen LogP contribution in [0, 0.1) is 0 Å². The van der Waals surface area contributed by atoms with Crippen molar-refractivity contribution in [1.82, 2.24) is 34.6 Å². The highest BCUT2D eigenvalue weighted by Gasteiger charge is 2.36. The monoisotopic (exact) mass is 626 g/mol. The first-order valence-electron chi connectivity index (χ1n) is 14.8. The third-order valence-corrected chi connectivity index (χ3v) is 8.27. The predicted octanol–water partition coefficient (Wildman–Crippen LogP) is 4.80. The number of aromatic amines is 1. The van der Waals surface area contributed by atoms with Gasteiger partial charge in [-0.3, -0.25) is 19.9 Å². The molecule has 1 fully saturated rings. The lowest BCUT2D eigenvalue weighted by Crippen LogP contribution is -2.45. The minimum absolute atomic E-state index is 0.0318. The number of piperazine rings is 1. The Bertz CT molecular complexity index is 1750. The van der Waals surface area contributed by atoms with Gasteiger partial charge < -0.3 is 24.3 Å². The van der Waals surface area contributed by atoms with E-state index in [0.717, 1.165) is 37.0 Å². The molecule has 2 aliphatic rings. The number of nitrogens with zero attached hydrogens (tertiary/aromatic N) is 6. The maximum Gasteiger partial charge on any atom is 0.418 e. The number of fused-ring (bicyclic) bond motifs is 2. The summed E-state index contributed by atoms with van der Waals surface area (Å²) in [6, 6.07) is 3.71. The van der Waals surface area contributed by atoms with Gasteiger partial charge >= 0.3 is 18.0 Å². The molecule has 2 N–H and O–H groups in total. The molecule has 0 saturated carbocycles. The van der Waals surface area contributed by atoms with Gasteiger partial charge in [0, 0.05) is 64.0 Å². The van der Waals surface area contributed by atoms with E-state index < -0.39 is 23.5 Å². The topological polar surface area (TPSA) is 133 Å². The van der Waals surface area contributed by atoms with Crippen LogP contribution in [0.4, 0.5) is 23.7 Å². The van der Waals surface area contributed by atoms with Crippen LogP contribution < -0.4 is 15.8 Å². The summed E-state index contributed by atoms with van der Waals surface area (Å²) in [5.41, 5.74) is 0.986. The molecule has 4 aromatic rings. The van der Waals surface area contributed by atoms with Crippen LogP contribution in [0.1, 0.15) is 48.7 Å². The molecular formula is C30H33F3N8O4. The second-order valence-electron chi connectivity index (χ2n) is 11.2. The number of ether oxygens (including phenoxy) is 1. The number of rotatable bonds is 7. The zero-order chi connectivity index (χ0) is 31.7. The fraction of sp³-hybridized carbons (Fsp3) is 0.433. The van der Waals surface area contributed by atoms with Gasteiger partial charge in [0.25, 0.3) is 0 Å². The first kappa shape index (κ1) is 30.5. The second-order valence-corrected chi connectivity index (χ2v) is 11.2. The molecule has 0 aliphatic carbocycles. The number of likely N-dealkylation sites (N-methyl/N-ethyl adjacent to an activating group) is 1. The molecule has 6 heterocycles. The third kappa shape index (κ3) is 6.63. The fourth-order valence-corrected chi connectivity index (χ4v) is 5.80. The zero-order valence-electron chi connectivity index (χ0n) is 24.9. The van der Waals surface area contributed by atoms with Crippen LogP contribution in [-0.2, 0) is 19.3 Å². The van der Waals surface area contributed by atoms with Gasteiger partial charge in [0.1, 0.15) is 5.75 Å². The van der Waals surface area contributed by atoms with Crippen LogP contribution in [-0.4, -0.2) is 79.9 Å². The van der Waals surface area contributed by atoms with Crippen molar-refractivity contribution in [3.63, 3.8) is 0 Å². The predicted molar refractivity (Wildman–Crippen MR) is 158 cm³/mol. The minimum atomic E-state index is -4.63. The van der Waals surface area contributed by atoms with Crippen molar-refractivity contribution in [3.8, 4) is 11.5 Å². The average Bonchev–Trinajstić information content (AvgIpc) is 3.42. The van der Waals surface area contributed by atoms with Crippen LogP contribution >= 0.6 is 0 Å². The number of oxazole rings is 1. The normalized spacial score (nSPS) is 17.8. The molecule has 238 valence electrons. The molecular weight excluding hydrogens is 593 g/mol. The molecule has 0 bridgehead atoms. The summed E-state index contributed by atoms with van der Waals surface area (Å²) in [5, 5.41) is 2.62. The fourth-order valence-electron chi connectivity index (χ4n) is 5.80. The average molecular weight is 627 g/mol. The van der Waals surface area contributed by atoms with E-state index in [9.17, 15) is 22.8 Å². The van der Waals surface area contributed by atoms with E-state index >= 15 is 0 Å². The Balaban J connectivity index is 1.18. The van der Waals surface area contributed by atoms with E-state index in [0.29, 0.717) is 31.8 Å². The Kier molecular flexibility index (Phi) is 8.46. The summed E-state index contributed by atoms with van der Waals surface area (Å²) >= 11 is 0. The number of urea groups is 1. The number of carbonyl (C=O) groups is 1. The van der Waals surface area contributed by atoms with Gasteiger partial charge in [-0.2, -0.15) is 13.2 Å². The lowest BCUT2D eigenvalue weighted by molar-refractivity contribution is -0.138. The van der Waals surface area contributed by atoms with E-state index in [4.69, 9.17) is 9.15 Å². The molecule has 0 radical (unpaired) electrons. The SMILES string of the molecule is CCC1CN(C(=O)Nc2cnc(CN3CCN(CC)CC3)c(C(F)(F)F)c2)Cc2cc(Oc3ccnc4[nH]c(=O)oc34)cnc21. The van der Waals surface area contributed by atoms with Gasteiger partial charge in [-0.05, 0) is 30.7 Å². The number of alkyl halides is 3. The second kappa shape index (κ2) is 12.5. The molecule has 45 heavy (non-hydrogen) atoms. The Morgan fingerprint density at radius 1 is 1.11 bits per heavy atom. The van der Waals surface area contributed by atoms with E-state index in [1.54, 1.807) is 18.3 Å². The summed E-state index contributed by atoms with van der Waals surface area (Å²) in [6.45, 7) is 8.45. The van der Waals surface area contributed by atoms with Gasteiger partial charge in [0.15, 0.2) is 11.4 Å². The minimum Gasteiger partial charge on any atom is -0.452 e. The highest BCUT2D eigenvalue weighted by molar-refractivity contribution is 5.89. The highest BCUT2D eigenvalue weighted by atomic mass is 19.4. The number of hydrogen-bond donors (Lipinski definition) is 2. The maximum absolute atomic E-state index is 14.1. The van der Waals surface area contributed by atoms with Gasteiger partial charge in [0.2, 0.25) is 5.58 Å². The molecule has 6 rings (SSSR count). The lowest BCUT2D eigenvalue weighted by atomic mass is 9.92. The summed E-state index contributed by atoms with van der Waals surface area (Å²) in [7, 11) is 0. The van der Waals surface area contributed by atoms with Gasteiger partial charge in [-0.25, -0.2) is 14.6 Å². The number of carbonyl (C=O) groups excluding carboxylic acids is 1. The Labute approximate surface area is 256 Å². The smallest absolute Gasteiger partial charge is 0.418 e. The summed E-state index contributed by atoms with van der Waals surface area (Å²) in [5.74, 6) is -0.143. The van der Waals surface area contributed by atoms with E-state index in [1.165, 1.54) is 17.3 Å². The van der Waals surface area contributed by atoms with Crippen molar-refractivity contribution < 1.29 is 27.1 Å². The molecule has 1 saturated heterocycles. The molecule has 0 spiro atoms. The van der Waals surface area contributed by atoms with E-state index in [-0.39, 0.29) is 47.4 Å². The molecule has 2 amide bonds. The van der Waals surface area contributed by atoms with Crippen LogP contribution in [0.15, 0.2) is 46.0 Å². The van der Waals surface area contributed by atoms with Crippen molar-refractivity contribution in [3.05, 3.63) is 69.9 Å². The van der Waals surface area contributed by atoms with Crippen molar-refractivity contribution in [2.45, 2.75) is 45.5 Å². The molecule has 2 aliphatic heterocycles. The third-order valence-electron chi connectivity index (χ3n) is 8.27. The van der Waals surface area contributed by atoms with Gasteiger partial charge in [-0.15, -0.1) is 0 Å². The van der Waals surface area contributed by atoms with Crippen LogP contribution in [0.5, 0.6) is 11.5 Å². The molecule has 1 unspecified atom stereocenters. The molecule has 0 aromatic carbocycles. The summed E-state index contributed by atoms with van der Waals surface area (Å²) in [4.78, 5) is 46.0. The zero-order valence-corrected chi connectivity index (χ0v) is 24.9. The van der Waals surface area contributed by atoms with Crippen molar-refractivity contribution in [1.29, 1.82) is 0 Å². The number of anilines is 1. The molecule has 4 aromatic heterocycles. The standard InChI is InChI=1S/C30H33F3N8O4/c1-3-18-15-41(16-19-11-21(14-36-25(18)19)44-24-5-6-34-27-26(24)45-29(43)38-27)28(42)37-20-12-22(30(31,32)33)23(35-13-20)17-40-9-7-39(4-2)8-10-40/h5-6,11-14,18H,3-4,7-10,15-17H2,1-2H3,(H,37,42)(H,34,38,43). The highest BCUT2D eigenvalue weighted by Crippen LogP contribution is 2.36. The first-order valence-corrected chi connectivity index (χ1v) is 14.8. The molecule has 12 nitrogen and oxygen atoms in total. The van der Waals surface area contributed by atoms with Crippen molar-refractivity contribution in [2.24, 2.45) is 0 Å². The maximum atomic E-state index is 14.1.